The van der Waals surface area contributed by atoms with Crippen molar-refractivity contribution in [3.05, 3.63) is 0 Å². The molecular weight excluding hydrogens is 697 g/mol. The van der Waals surface area contributed by atoms with E-state index in [-0.39, 0.29) is 31.1 Å². The Morgan fingerprint density at radius 1 is 0.357 bits per heavy atom. The summed E-state index contributed by atoms with van der Waals surface area (Å²) in [7, 11) is 0. The summed E-state index contributed by atoms with van der Waals surface area (Å²) in [5.41, 5.74) is 0. The number of carbonyl (C=O) groups excluding carboxylic acids is 3. The van der Waals surface area contributed by atoms with E-state index in [9.17, 15) is 14.4 Å². The van der Waals surface area contributed by atoms with Gasteiger partial charge in [-0.2, -0.15) is 0 Å². The topological polar surface area (TPSA) is 78.9 Å². The molecule has 0 spiro atoms. The van der Waals surface area contributed by atoms with Crippen LogP contribution in [0.2, 0.25) is 0 Å². The normalized spacial score (nSPS) is 12.4. The molecule has 0 aromatic carbocycles. The van der Waals surface area contributed by atoms with Crippen LogP contribution in [0.15, 0.2) is 0 Å². The molecule has 0 aromatic rings. The molecule has 2 atom stereocenters. The van der Waals surface area contributed by atoms with E-state index in [1.807, 2.05) is 0 Å². The van der Waals surface area contributed by atoms with Gasteiger partial charge in [-0.3, -0.25) is 14.4 Å². The van der Waals surface area contributed by atoms with Crippen LogP contribution < -0.4 is 0 Å². The van der Waals surface area contributed by atoms with Gasteiger partial charge in [-0.05, 0) is 25.2 Å². The van der Waals surface area contributed by atoms with Crippen LogP contribution in [-0.2, 0) is 28.6 Å². The molecule has 0 aliphatic heterocycles. The van der Waals surface area contributed by atoms with Gasteiger partial charge in [0, 0.05) is 19.3 Å². The minimum atomic E-state index is -0.760. The number of esters is 3. The Hall–Kier alpha value is -1.59. The van der Waals surface area contributed by atoms with Crippen LogP contribution in [0, 0.1) is 5.92 Å². The number of carbonyl (C=O) groups is 3. The lowest BCUT2D eigenvalue weighted by Gasteiger charge is -2.18. The van der Waals surface area contributed by atoms with E-state index in [4.69, 9.17) is 14.2 Å². The molecule has 6 nitrogen and oxygen atoms in total. The van der Waals surface area contributed by atoms with Crippen molar-refractivity contribution in [3.63, 3.8) is 0 Å². The molecule has 0 N–H and O–H groups in total. The summed E-state index contributed by atoms with van der Waals surface area (Å²) in [5.74, 6) is -0.0372. The highest BCUT2D eigenvalue weighted by Crippen LogP contribution is 2.17. The Kier molecular flexibility index (Phi) is 43.2. The van der Waals surface area contributed by atoms with Crippen LogP contribution in [0.5, 0.6) is 0 Å². The predicted octanol–water partition coefficient (Wildman–Crippen LogP) is 15.9. The highest BCUT2D eigenvalue weighted by Gasteiger charge is 2.19. The van der Waals surface area contributed by atoms with Crippen LogP contribution >= 0.6 is 0 Å². The van der Waals surface area contributed by atoms with Gasteiger partial charge in [0.1, 0.15) is 13.2 Å². The second kappa shape index (κ2) is 44.5. The fraction of sp³-hybridized carbons (Fsp3) is 0.940. The highest BCUT2D eigenvalue weighted by molar-refractivity contribution is 5.71. The van der Waals surface area contributed by atoms with E-state index in [1.54, 1.807) is 0 Å². The van der Waals surface area contributed by atoms with E-state index in [0.29, 0.717) is 19.3 Å². The maximum Gasteiger partial charge on any atom is 0.306 e. The summed E-state index contributed by atoms with van der Waals surface area (Å²) in [5, 5.41) is 0. The van der Waals surface area contributed by atoms with Crippen molar-refractivity contribution in [3.8, 4) is 0 Å². The molecule has 0 saturated heterocycles. The molecule has 0 aliphatic rings. The van der Waals surface area contributed by atoms with Gasteiger partial charge in [0.05, 0.1) is 0 Å². The molecule has 0 aromatic heterocycles. The van der Waals surface area contributed by atoms with Crippen molar-refractivity contribution in [1.82, 2.24) is 0 Å². The van der Waals surface area contributed by atoms with Crippen LogP contribution in [0.3, 0.4) is 0 Å². The van der Waals surface area contributed by atoms with E-state index in [1.165, 1.54) is 173 Å². The standard InChI is InChI=1S/C50H96O6/c1-5-8-10-12-14-16-18-19-20-21-22-23-25-26-28-33-37-41-48(51)54-44-47(45-55-49(52)42-38-34-31-30-32-36-40-46(4)7-3)56-50(53)43-39-35-29-27-24-17-15-13-11-9-6-2/h46-47H,5-45H2,1-4H3/t46?,47-/m0/s1. The molecule has 332 valence electrons. The quantitative estimate of drug-likeness (QED) is 0.0347. The summed E-state index contributed by atoms with van der Waals surface area (Å²) >= 11 is 0. The van der Waals surface area contributed by atoms with Gasteiger partial charge in [0.25, 0.3) is 0 Å². The molecule has 0 rings (SSSR count). The van der Waals surface area contributed by atoms with Crippen LogP contribution in [-0.4, -0.2) is 37.2 Å². The zero-order valence-corrected chi connectivity index (χ0v) is 38.1. The number of hydrogen-bond donors (Lipinski definition) is 0. The van der Waals surface area contributed by atoms with Gasteiger partial charge < -0.3 is 14.2 Å². The molecule has 0 amide bonds. The fourth-order valence-corrected chi connectivity index (χ4v) is 7.48. The monoisotopic (exact) mass is 793 g/mol. The third-order valence-electron chi connectivity index (χ3n) is 11.7. The summed E-state index contributed by atoms with van der Waals surface area (Å²) < 4.78 is 16.8. The van der Waals surface area contributed by atoms with Gasteiger partial charge in [-0.15, -0.1) is 0 Å². The predicted molar refractivity (Wildman–Crippen MR) is 238 cm³/mol. The Balaban J connectivity index is 4.26. The largest absolute Gasteiger partial charge is 0.462 e. The summed E-state index contributed by atoms with van der Waals surface area (Å²) in [6, 6.07) is 0. The second-order valence-electron chi connectivity index (χ2n) is 17.3. The van der Waals surface area contributed by atoms with E-state index in [0.717, 1.165) is 63.7 Å². The van der Waals surface area contributed by atoms with Gasteiger partial charge in [0.2, 0.25) is 0 Å². The van der Waals surface area contributed by atoms with Crippen LogP contribution in [0.25, 0.3) is 0 Å². The molecule has 56 heavy (non-hydrogen) atoms. The average molecular weight is 793 g/mol. The van der Waals surface area contributed by atoms with Crippen molar-refractivity contribution in [1.29, 1.82) is 0 Å². The molecule has 0 radical (unpaired) electrons. The number of hydrogen-bond acceptors (Lipinski definition) is 6. The first-order valence-electron chi connectivity index (χ1n) is 24.9. The summed E-state index contributed by atoms with van der Waals surface area (Å²) in [4.78, 5) is 37.8. The summed E-state index contributed by atoms with van der Waals surface area (Å²) in [6.45, 7) is 8.98. The Morgan fingerprint density at radius 2 is 0.625 bits per heavy atom. The molecule has 0 heterocycles. The first kappa shape index (κ1) is 54.4. The van der Waals surface area contributed by atoms with E-state index >= 15 is 0 Å². The fourth-order valence-electron chi connectivity index (χ4n) is 7.48. The van der Waals surface area contributed by atoms with Gasteiger partial charge >= 0.3 is 17.9 Å². The van der Waals surface area contributed by atoms with Crippen LogP contribution in [0.4, 0.5) is 0 Å². The molecule has 6 heteroatoms. The maximum absolute atomic E-state index is 12.7. The number of ether oxygens (including phenoxy) is 3. The van der Waals surface area contributed by atoms with E-state index < -0.39 is 6.10 Å². The van der Waals surface area contributed by atoms with Gasteiger partial charge in [-0.1, -0.05) is 240 Å². The van der Waals surface area contributed by atoms with Gasteiger partial charge in [-0.25, -0.2) is 0 Å². The molecular formula is C50H96O6. The highest BCUT2D eigenvalue weighted by atomic mass is 16.6. The Labute approximate surface area is 348 Å². The van der Waals surface area contributed by atoms with Crippen LogP contribution in [0.1, 0.15) is 278 Å². The maximum atomic E-state index is 12.7. The summed E-state index contributed by atoms with van der Waals surface area (Å²) in [6.07, 6.45) is 45.2. The number of unbranched alkanes of at least 4 members (excludes halogenated alkanes) is 31. The average Bonchev–Trinajstić information content (AvgIpc) is 3.19. The minimum Gasteiger partial charge on any atom is -0.462 e. The molecule has 1 unspecified atom stereocenters. The van der Waals surface area contributed by atoms with Crippen molar-refractivity contribution in [2.24, 2.45) is 5.92 Å². The SMILES string of the molecule is CCCCCCCCCCCCCCCCCCCC(=O)OC[C@@H](COC(=O)CCCCCCCCC(C)CC)OC(=O)CCCCCCCCCCCCC. The minimum absolute atomic E-state index is 0.0638. The zero-order valence-electron chi connectivity index (χ0n) is 38.1. The Bertz CT molecular complexity index is 843. The second-order valence-corrected chi connectivity index (χ2v) is 17.3. The first-order valence-corrected chi connectivity index (χ1v) is 24.9. The molecule has 0 bridgehead atoms. The number of rotatable bonds is 45. The third kappa shape index (κ3) is 42.0. The zero-order chi connectivity index (χ0) is 41.0. The Morgan fingerprint density at radius 3 is 0.929 bits per heavy atom. The lowest BCUT2D eigenvalue weighted by atomic mass is 10.00. The van der Waals surface area contributed by atoms with Gasteiger partial charge in [0.15, 0.2) is 6.10 Å². The molecule has 0 fully saturated rings. The molecule has 0 saturated carbocycles. The van der Waals surface area contributed by atoms with E-state index in [2.05, 4.69) is 27.7 Å². The van der Waals surface area contributed by atoms with Crippen molar-refractivity contribution in [2.75, 3.05) is 13.2 Å². The first-order chi connectivity index (χ1) is 27.4. The third-order valence-corrected chi connectivity index (χ3v) is 11.7. The van der Waals surface area contributed by atoms with Crippen molar-refractivity contribution >= 4 is 17.9 Å². The smallest absolute Gasteiger partial charge is 0.306 e. The van der Waals surface area contributed by atoms with Crippen molar-refractivity contribution in [2.45, 2.75) is 284 Å². The van der Waals surface area contributed by atoms with Crippen molar-refractivity contribution < 1.29 is 28.6 Å². The molecule has 0 aliphatic carbocycles. The lowest BCUT2D eigenvalue weighted by Crippen LogP contribution is -2.30. The lowest BCUT2D eigenvalue weighted by molar-refractivity contribution is -0.167.